The molecule has 0 aliphatic heterocycles. The number of nitrogens with zero attached hydrogens (tertiary/aromatic N) is 3. The number of carbonyl (C=O) groups is 2. The molecule has 2 heterocycles. The maximum absolute atomic E-state index is 15.0. The third-order valence-electron chi connectivity index (χ3n) is 3.99. The lowest BCUT2D eigenvalue weighted by Crippen LogP contribution is -2.27. The second-order valence-electron chi connectivity index (χ2n) is 7.79. The highest BCUT2D eigenvalue weighted by molar-refractivity contribution is 6.06. The van der Waals surface area contributed by atoms with Crippen molar-refractivity contribution in [2.45, 2.75) is 26.4 Å². The molecular formula is C21H23FN4O3. The molecule has 0 unspecified atom stereocenters. The fourth-order valence-corrected chi connectivity index (χ4v) is 2.84. The number of carbonyl (C=O) groups excluding carboxylic acids is 2. The van der Waals surface area contributed by atoms with Crippen LogP contribution in [0.15, 0.2) is 42.6 Å². The fourth-order valence-electron chi connectivity index (χ4n) is 2.84. The second kappa shape index (κ2) is 7.54. The van der Waals surface area contributed by atoms with E-state index in [-0.39, 0.29) is 22.7 Å². The van der Waals surface area contributed by atoms with Crippen molar-refractivity contribution < 1.29 is 18.7 Å². The van der Waals surface area contributed by atoms with E-state index in [0.717, 1.165) is 6.07 Å². The van der Waals surface area contributed by atoms with Gasteiger partial charge in [0.25, 0.3) is 5.91 Å². The van der Waals surface area contributed by atoms with Crippen LogP contribution in [0.25, 0.3) is 16.8 Å². The number of fused-ring (bicyclic) bond motifs is 1. The molecule has 0 saturated carbocycles. The summed E-state index contributed by atoms with van der Waals surface area (Å²) in [5, 5.41) is 6.92. The van der Waals surface area contributed by atoms with Crippen LogP contribution in [0.4, 0.5) is 14.9 Å². The number of amides is 2. The zero-order chi connectivity index (χ0) is 21.3. The molecule has 0 saturated heterocycles. The first-order valence-corrected chi connectivity index (χ1v) is 9.06. The van der Waals surface area contributed by atoms with E-state index >= 15 is 4.39 Å². The van der Waals surface area contributed by atoms with E-state index < -0.39 is 17.5 Å². The molecule has 0 aliphatic rings. The van der Waals surface area contributed by atoms with Gasteiger partial charge in [0.1, 0.15) is 16.8 Å². The van der Waals surface area contributed by atoms with Crippen LogP contribution in [-0.2, 0) is 4.74 Å². The van der Waals surface area contributed by atoms with Crippen molar-refractivity contribution in [1.82, 2.24) is 14.5 Å². The van der Waals surface area contributed by atoms with Gasteiger partial charge in [-0.25, -0.2) is 13.7 Å². The van der Waals surface area contributed by atoms with Gasteiger partial charge in [0, 0.05) is 25.7 Å². The maximum atomic E-state index is 15.0. The van der Waals surface area contributed by atoms with Gasteiger partial charge in [-0.3, -0.25) is 10.1 Å². The molecule has 0 fully saturated rings. The second-order valence-corrected chi connectivity index (χ2v) is 7.79. The molecule has 0 radical (unpaired) electrons. The molecule has 3 rings (SSSR count). The van der Waals surface area contributed by atoms with Gasteiger partial charge in [0.2, 0.25) is 0 Å². The molecule has 152 valence electrons. The summed E-state index contributed by atoms with van der Waals surface area (Å²) in [6.45, 7) is 5.19. The van der Waals surface area contributed by atoms with Crippen molar-refractivity contribution in [2.24, 2.45) is 0 Å². The Morgan fingerprint density at radius 3 is 2.41 bits per heavy atom. The minimum absolute atomic E-state index is 0.0392. The summed E-state index contributed by atoms with van der Waals surface area (Å²) in [5.41, 5.74) is 0.708. The summed E-state index contributed by atoms with van der Waals surface area (Å²) in [7, 11) is 3.19. The number of rotatable bonds is 3. The van der Waals surface area contributed by atoms with Crippen molar-refractivity contribution in [3.05, 3.63) is 54.0 Å². The molecule has 3 aromatic rings. The molecule has 0 spiro atoms. The molecule has 7 nitrogen and oxygen atoms in total. The van der Waals surface area contributed by atoms with Crippen molar-refractivity contribution in [1.29, 1.82) is 0 Å². The highest BCUT2D eigenvalue weighted by atomic mass is 19.1. The Morgan fingerprint density at radius 1 is 1.17 bits per heavy atom. The number of hydrogen-bond donors (Lipinski definition) is 1. The number of pyridine rings is 1. The molecule has 1 aromatic carbocycles. The Morgan fingerprint density at radius 2 is 1.83 bits per heavy atom. The number of ether oxygens (including phenoxy) is 1. The normalized spacial score (nSPS) is 11.4. The Kier molecular flexibility index (Phi) is 5.28. The van der Waals surface area contributed by atoms with Crippen molar-refractivity contribution >= 4 is 23.2 Å². The average molecular weight is 398 g/mol. The van der Waals surface area contributed by atoms with E-state index in [9.17, 15) is 9.59 Å². The Hall–Kier alpha value is -3.42. The number of aromatic nitrogens is 2. The van der Waals surface area contributed by atoms with Crippen LogP contribution >= 0.6 is 0 Å². The molecule has 1 N–H and O–H groups in total. The molecule has 8 heteroatoms. The first kappa shape index (κ1) is 20.3. The summed E-state index contributed by atoms with van der Waals surface area (Å²) >= 11 is 0. The molecule has 29 heavy (non-hydrogen) atoms. The largest absolute Gasteiger partial charge is 0.444 e. The SMILES string of the molecule is CN(C)C(=O)c1c(-c2ccccc2)nn2cc(NC(=O)OC(C)(C)C)cc(F)c12. The molecular weight excluding hydrogens is 375 g/mol. The lowest BCUT2D eigenvalue weighted by molar-refractivity contribution is 0.0635. The van der Waals surface area contributed by atoms with Crippen LogP contribution in [0.1, 0.15) is 31.1 Å². The number of hydrogen-bond acceptors (Lipinski definition) is 4. The van der Waals surface area contributed by atoms with Gasteiger partial charge in [-0.1, -0.05) is 30.3 Å². The van der Waals surface area contributed by atoms with Crippen LogP contribution in [0.3, 0.4) is 0 Å². The van der Waals surface area contributed by atoms with Crippen LogP contribution in [-0.4, -0.2) is 46.2 Å². The quantitative estimate of drug-likeness (QED) is 0.718. The van der Waals surface area contributed by atoms with E-state index in [1.807, 2.05) is 18.2 Å². The molecule has 0 bridgehead atoms. The van der Waals surface area contributed by atoms with Gasteiger partial charge in [-0.05, 0) is 20.8 Å². The minimum atomic E-state index is -0.712. The molecule has 0 aliphatic carbocycles. The standard InChI is InChI=1S/C21H23FN4O3/c1-21(2,3)29-20(28)23-14-11-15(22)18-16(19(27)25(4)5)17(24-26(18)12-14)13-9-7-6-8-10-13/h6-12H,1-5H3,(H,23,28). The highest BCUT2D eigenvalue weighted by Gasteiger charge is 2.25. The third-order valence-corrected chi connectivity index (χ3v) is 3.99. The summed E-state index contributed by atoms with van der Waals surface area (Å²) in [6, 6.07) is 10.2. The zero-order valence-electron chi connectivity index (χ0n) is 17.0. The highest BCUT2D eigenvalue weighted by Crippen LogP contribution is 2.30. The van der Waals surface area contributed by atoms with Gasteiger partial charge < -0.3 is 9.64 Å². The summed E-state index contributed by atoms with van der Waals surface area (Å²) in [5.74, 6) is -1.05. The van der Waals surface area contributed by atoms with Crippen LogP contribution in [0.2, 0.25) is 0 Å². The van der Waals surface area contributed by atoms with Gasteiger partial charge in [0.05, 0.1) is 17.4 Å². The Labute approximate surface area is 168 Å². The first-order chi connectivity index (χ1) is 13.6. The number of benzene rings is 1. The summed E-state index contributed by atoms with van der Waals surface area (Å²) in [6.07, 6.45) is 0.734. The summed E-state index contributed by atoms with van der Waals surface area (Å²) in [4.78, 5) is 26.2. The van der Waals surface area contributed by atoms with E-state index in [0.29, 0.717) is 11.3 Å². The molecule has 2 amide bonds. The van der Waals surface area contributed by atoms with Gasteiger partial charge in [-0.2, -0.15) is 5.10 Å². The van der Waals surface area contributed by atoms with Gasteiger partial charge in [-0.15, -0.1) is 0 Å². The van der Waals surface area contributed by atoms with Crippen LogP contribution in [0, 0.1) is 5.82 Å². The van der Waals surface area contributed by atoms with Gasteiger partial charge >= 0.3 is 6.09 Å². The maximum Gasteiger partial charge on any atom is 0.412 e. The van der Waals surface area contributed by atoms with E-state index in [1.54, 1.807) is 47.0 Å². The summed E-state index contributed by atoms with van der Waals surface area (Å²) < 4.78 is 21.5. The zero-order valence-corrected chi connectivity index (χ0v) is 17.0. The monoisotopic (exact) mass is 398 g/mol. The first-order valence-electron chi connectivity index (χ1n) is 9.06. The number of halogens is 1. The number of anilines is 1. The fraction of sp³-hybridized carbons (Fsp3) is 0.286. The van der Waals surface area contributed by atoms with Crippen LogP contribution in [0.5, 0.6) is 0 Å². The van der Waals surface area contributed by atoms with Crippen molar-refractivity contribution in [3.8, 4) is 11.3 Å². The smallest absolute Gasteiger partial charge is 0.412 e. The minimum Gasteiger partial charge on any atom is -0.444 e. The Bertz CT molecular complexity index is 1070. The van der Waals surface area contributed by atoms with Crippen molar-refractivity contribution in [2.75, 3.05) is 19.4 Å². The lowest BCUT2D eigenvalue weighted by Gasteiger charge is -2.19. The number of nitrogens with one attached hydrogen (secondary N) is 1. The van der Waals surface area contributed by atoms with Gasteiger partial charge in [0.15, 0.2) is 5.82 Å². The van der Waals surface area contributed by atoms with Crippen molar-refractivity contribution in [3.63, 3.8) is 0 Å². The average Bonchev–Trinajstić information content (AvgIpc) is 2.99. The Balaban J connectivity index is 2.13. The lowest BCUT2D eigenvalue weighted by atomic mass is 10.1. The third kappa shape index (κ3) is 4.37. The molecule has 2 aromatic heterocycles. The predicted molar refractivity (Wildman–Crippen MR) is 108 cm³/mol. The van der Waals surface area contributed by atoms with E-state index in [2.05, 4.69) is 10.4 Å². The predicted octanol–water partition coefficient (Wildman–Crippen LogP) is 4.19. The topological polar surface area (TPSA) is 75.9 Å². The van der Waals surface area contributed by atoms with E-state index in [4.69, 9.17) is 4.74 Å². The van der Waals surface area contributed by atoms with E-state index in [1.165, 1.54) is 15.6 Å². The van der Waals surface area contributed by atoms with Crippen LogP contribution < -0.4 is 5.32 Å². The molecule has 0 atom stereocenters.